The van der Waals surface area contributed by atoms with Gasteiger partial charge in [0.25, 0.3) is 5.22 Å². The Labute approximate surface area is 184 Å². The van der Waals surface area contributed by atoms with E-state index in [1.54, 1.807) is 7.11 Å². The number of rotatable bonds is 8. The van der Waals surface area contributed by atoms with Crippen LogP contribution >= 0.6 is 11.8 Å². The first kappa shape index (κ1) is 20.7. The molecular weight excluding hydrogens is 410 g/mol. The highest BCUT2D eigenvalue weighted by atomic mass is 32.2. The summed E-state index contributed by atoms with van der Waals surface area (Å²) in [6.07, 6.45) is 0. The number of nitrogens with zero attached hydrogens (tertiary/aromatic N) is 2. The van der Waals surface area contributed by atoms with E-state index in [4.69, 9.17) is 9.15 Å². The number of amides is 1. The largest absolute Gasteiger partial charge is 0.497 e. The van der Waals surface area contributed by atoms with Gasteiger partial charge in [-0.1, -0.05) is 72.4 Å². The maximum absolute atomic E-state index is 12.7. The molecule has 0 radical (unpaired) electrons. The molecule has 0 unspecified atom stereocenters. The summed E-state index contributed by atoms with van der Waals surface area (Å²) in [6.45, 7) is 0. The van der Waals surface area contributed by atoms with Crippen LogP contribution in [0.15, 0.2) is 94.6 Å². The van der Waals surface area contributed by atoms with Gasteiger partial charge in [-0.25, -0.2) is 0 Å². The Morgan fingerprint density at radius 3 is 2.13 bits per heavy atom. The number of benzene rings is 3. The lowest BCUT2D eigenvalue weighted by Gasteiger charge is -2.19. The summed E-state index contributed by atoms with van der Waals surface area (Å²) in [5, 5.41) is 11.6. The lowest BCUT2D eigenvalue weighted by molar-refractivity contribution is -0.119. The zero-order chi connectivity index (χ0) is 21.5. The van der Waals surface area contributed by atoms with E-state index < -0.39 is 0 Å². The number of carbonyl (C=O) groups is 1. The minimum atomic E-state index is -0.229. The molecule has 0 atom stereocenters. The minimum Gasteiger partial charge on any atom is -0.497 e. The second kappa shape index (κ2) is 9.95. The fraction of sp³-hybridized carbons (Fsp3) is 0.125. The number of hydrogen-bond acceptors (Lipinski definition) is 6. The molecule has 4 rings (SSSR count). The minimum absolute atomic E-state index is 0.119. The van der Waals surface area contributed by atoms with Crippen molar-refractivity contribution in [1.29, 1.82) is 0 Å². The highest BCUT2D eigenvalue weighted by Crippen LogP contribution is 2.26. The predicted molar refractivity (Wildman–Crippen MR) is 120 cm³/mol. The van der Waals surface area contributed by atoms with E-state index in [9.17, 15) is 4.79 Å². The molecule has 0 saturated heterocycles. The lowest BCUT2D eigenvalue weighted by Crippen LogP contribution is -2.30. The van der Waals surface area contributed by atoms with Gasteiger partial charge in [-0.15, -0.1) is 10.2 Å². The van der Waals surface area contributed by atoms with Gasteiger partial charge in [-0.3, -0.25) is 4.79 Å². The molecule has 1 heterocycles. The lowest BCUT2D eigenvalue weighted by atomic mass is 9.99. The fourth-order valence-corrected chi connectivity index (χ4v) is 3.67. The molecule has 3 aromatic carbocycles. The normalized spacial score (nSPS) is 10.8. The Kier molecular flexibility index (Phi) is 6.64. The molecule has 0 saturated carbocycles. The van der Waals surface area contributed by atoms with E-state index in [1.165, 1.54) is 11.8 Å². The Balaban J connectivity index is 1.40. The van der Waals surface area contributed by atoms with Crippen LogP contribution in [-0.4, -0.2) is 29.0 Å². The van der Waals surface area contributed by atoms with Crippen molar-refractivity contribution in [3.63, 3.8) is 0 Å². The Bertz CT molecular complexity index is 1080. The SMILES string of the molecule is COc1ccc(-c2nnc(SCC(=O)NC(c3ccccc3)c3ccccc3)o2)cc1. The van der Waals surface area contributed by atoms with E-state index >= 15 is 0 Å². The van der Waals surface area contributed by atoms with Crippen LogP contribution in [0.5, 0.6) is 5.75 Å². The smallest absolute Gasteiger partial charge is 0.277 e. The Morgan fingerprint density at radius 2 is 1.55 bits per heavy atom. The number of aromatic nitrogens is 2. The topological polar surface area (TPSA) is 77.2 Å². The van der Waals surface area contributed by atoms with Crippen LogP contribution in [0.4, 0.5) is 0 Å². The van der Waals surface area contributed by atoms with Crippen molar-refractivity contribution in [2.45, 2.75) is 11.3 Å². The summed E-state index contributed by atoms with van der Waals surface area (Å²) in [4.78, 5) is 12.7. The van der Waals surface area contributed by atoms with Gasteiger partial charge in [0.15, 0.2) is 0 Å². The number of carbonyl (C=O) groups excluding carboxylic acids is 1. The number of methoxy groups -OCH3 is 1. The second-order valence-electron chi connectivity index (χ2n) is 6.71. The predicted octanol–water partition coefficient (Wildman–Crippen LogP) is 4.74. The summed E-state index contributed by atoms with van der Waals surface area (Å²) in [5.74, 6) is 1.20. The molecule has 7 heteroatoms. The molecule has 0 bridgehead atoms. The summed E-state index contributed by atoms with van der Waals surface area (Å²) >= 11 is 1.21. The van der Waals surface area contributed by atoms with Gasteiger partial charge in [-0.05, 0) is 35.4 Å². The fourth-order valence-electron chi connectivity index (χ4n) is 3.10. The van der Waals surface area contributed by atoms with Crippen molar-refractivity contribution < 1.29 is 13.9 Å². The number of hydrogen-bond donors (Lipinski definition) is 1. The van der Waals surface area contributed by atoms with Crippen LogP contribution in [0, 0.1) is 0 Å². The molecule has 156 valence electrons. The Morgan fingerprint density at radius 1 is 0.935 bits per heavy atom. The zero-order valence-corrected chi connectivity index (χ0v) is 17.7. The Hall–Kier alpha value is -3.58. The molecule has 1 N–H and O–H groups in total. The third-order valence-electron chi connectivity index (χ3n) is 4.64. The van der Waals surface area contributed by atoms with E-state index in [0.717, 1.165) is 22.4 Å². The van der Waals surface area contributed by atoms with Crippen molar-refractivity contribution in [1.82, 2.24) is 15.5 Å². The maximum atomic E-state index is 12.7. The van der Waals surface area contributed by atoms with Crippen LogP contribution < -0.4 is 10.1 Å². The molecule has 31 heavy (non-hydrogen) atoms. The van der Waals surface area contributed by atoms with E-state index in [1.807, 2.05) is 84.9 Å². The van der Waals surface area contributed by atoms with Crippen LogP contribution in [0.3, 0.4) is 0 Å². The van der Waals surface area contributed by atoms with Gasteiger partial charge < -0.3 is 14.5 Å². The van der Waals surface area contributed by atoms with Crippen LogP contribution in [0.1, 0.15) is 17.2 Å². The van der Waals surface area contributed by atoms with Crippen molar-refractivity contribution >= 4 is 17.7 Å². The molecule has 1 aromatic heterocycles. The van der Waals surface area contributed by atoms with Gasteiger partial charge in [0, 0.05) is 5.56 Å². The first-order valence-electron chi connectivity index (χ1n) is 9.73. The summed E-state index contributed by atoms with van der Waals surface area (Å²) < 4.78 is 10.8. The van der Waals surface area contributed by atoms with Crippen LogP contribution in [-0.2, 0) is 4.79 Å². The maximum Gasteiger partial charge on any atom is 0.277 e. The van der Waals surface area contributed by atoms with Gasteiger partial charge in [0.05, 0.1) is 18.9 Å². The number of nitrogens with one attached hydrogen (secondary N) is 1. The molecule has 0 fully saturated rings. The van der Waals surface area contributed by atoms with E-state index in [-0.39, 0.29) is 17.7 Å². The summed E-state index contributed by atoms with van der Waals surface area (Å²) in [5.41, 5.74) is 2.83. The molecule has 0 aliphatic carbocycles. The molecule has 6 nitrogen and oxygen atoms in total. The number of thioether (sulfide) groups is 1. The van der Waals surface area contributed by atoms with Gasteiger partial charge >= 0.3 is 0 Å². The average molecular weight is 432 g/mol. The first-order valence-corrected chi connectivity index (χ1v) is 10.7. The third-order valence-corrected chi connectivity index (χ3v) is 5.46. The van der Waals surface area contributed by atoms with Crippen molar-refractivity contribution in [3.05, 3.63) is 96.1 Å². The summed E-state index contributed by atoms with van der Waals surface area (Å²) in [6, 6.07) is 26.9. The van der Waals surface area contributed by atoms with Gasteiger partial charge in [0.2, 0.25) is 11.8 Å². The molecule has 0 spiro atoms. The van der Waals surface area contributed by atoms with E-state index in [0.29, 0.717) is 11.1 Å². The van der Waals surface area contributed by atoms with Crippen LogP contribution in [0.2, 0.25) is 0 Å². The van der Waals surface area contributed by atoms with Gasteiger partial charge in [0.1, 0.15) is 5.75 Å². The van der Waals surface area contributed by atoms with E-state index in [2.05, 4.69) is 15.5 Å². The standard InChI is InChI=1S/C24H21N3O3S/c1-29-20-14-12-19(13-15-20)23-26-27-24(30-23)31-16-21(28)25-22(17-8-4-2-5-9-17)18-10-6-3-7-11-18/h2-15,22H,16H2,1H3,(H,25,28). The monoisotopic (exact) mass is 431 g/mol. The first-order chi connectivity index (χ1) is 15.2. The highest BCUT2D eigenvalue weighted by molar-refractivity contribution is 7.99. The van der Waals surface area contributed by atoms with Crippen LogP contribution in [0.25, 0.3) is 11.5 Å². The van der Waals surface area contributed by atoms with Gasteiger partial charge in [-0.2, -0.15) is 0 Å². The number of ether oxygens (including phenoxy) is 1. The quantitative estimate of drug-likeness (QED) is 0.406. The molecule has 4 aromatic rings. The molecular formula is C24H21N3O3S. The average Bonchev–Trinajstić information content (AvgIpc) is 3.31. The zero-order valence-electron chi connectivity index (χ0n) is 16.9. The molecule has 0 aliphatic heterocycles. The van der Waals surface area contributed by atoms with Crippen molar-refractivity contribution in [3.8, 4) is 17.2 Å². The third kappa shape index (κ3) is 5.32. The summed E-state index contributed by atoms with van der Waals surface area (Å²) in [7, 11) is 1.61. The second-order valence-corrected chi connectivity index (χ2v) is 7.64. The molecule has 0 aliphatic rings. The highest BCUT2D eigenvalue weighted by Gasteiger charge is 2.18. The van der Waals surface area contributed by atoms with Crippen molar-refractivity contribution in [2.75, 3.05) is 12.9 Å². The van der Waals surface area contributed by atoms with Crippen molar-refractivity contribution in [2.24, 2.45) is 0 Å². The molecule has 1 amide bonds.